The van der Waals surface area contributed by atoms with Crippen molar-refractivity contribution in [1.29, 1.82) is 0 Å². The van der Waals surface area contributed by atoms with Crippen LogP contribution in [0.5, 0.6) is 0 Å². The Bertz CT molecular complexity index is 803. The third-order valence-electron chi connectivity index (χ3n) is 4.08. The van der Waals surface area contributed by atoms with Gasteiger partial charge in [-0.1, -0.05) is 6.92 Å². The summed E-state index contributed by atoms with van der Waals surface area (Å²) in [5.41, 5.74) is 0.908. The van der Waals surface area contributed by atoms with Crippen molar-refractivity contribution >= 4 is 19.2 Å². The summed E-state index contributed by atoms with van der Waals surface area (Å²) in [6, 6.07) is 1.74. The van der Waals surface area contributed by atoms with E-state index in [1.807, 2.05) is 0 Å². The summed E-state index contributed by atoms with van der Waals surface area (Å²) >= 11 is 0. The first-order valence-corrected chi connectivity index (χ1v) is 8.21. The lowest BCUT2D eigenvalue weighted by Crippen LogP contribution is -2.27. The second kappa shape index (κ2) is 6.10. The maximum Gasteiger partial charge on any atom is 0.695 e. The molecule has 1 aliphatic rings. The van der Waals surface area contributed by atoms with Gasteiger partial charge in [0.2, 0.25) is 0 Å². The Morgan fingerprint density at radius 2 is 2.30 bits per heavy atom. The standard InChI is InChI=1S/C13H16N3O6P/c1-6-3-9-8(12(18)15-6)4-14-16(9)13-11(22-23(19)20)7(2)10(5-17)21-13/h3-4,7,10-11,13,17H,5H2,1-2H3,(H-,14,15,18,19,20)/p+1/t7-,10+,11?,13+/m0/s1. The predicted molar refractivity (Wildman–Crippen MR) is 79.9 cm³/mol. The van der Waals surface area contributed by atoms with Crippen LogP contribution in [-0.2, 0) is 13.8 Å². The van der Waals surface area contributed by atoms with E-state index in [1.165, 1.54) is 10.9 Å². The first-order valence-electron chi connectivity index (χ1n) is 7.08. The summed E-state index contributed by atoms with van der Waals surface area (Å²) in [5, 5.41) is 14.0. The van der Waals surface area contributed by atoms with E-state index in [-0.39, 0.29) is 18.1 Å². The average Bonchev–Trinajstić information content (AvgIpc) is 3.01. The van der Waals surface area contributed by atoms with Crippen LogP contribution in [0.25, 0.3) is 10.9 Å². The molecule has 3 N–H and O–H groups in total. The molecule has 9 nitrogen and oxygen atoms in total. The number of hydrogen-bond acceptors (Lipinski definition) is 6. The zero-order valence-electron chi connectivity index (χ0n) is 12.5. The monoisotopic (exact) mass is 342 g/mol. The maximum atomic E-state index is 12.0. The van der Waals surface area contributed by atoms with Gasteiger partial charge >= 0.3 is 8.25 Å². The first-order chi connectivity index (χ1) is 10.9. The van der Waals surface area contributed by atoms with Crippen LogP contribution in [-0.4, -0.2) is 43.6 Å². The van der Waals surface area contributed by atoms with E-state index in [1.54, 1.807) is 19.9 Å². The lowest BCUT2D eigenvalue weighted by molar-refractivity contribution is -0.0507. The lowest BCUT2D eigenvalue weighted by atomic mass is 10.0. The van der Waals surface area contributed by atoms with Crippen LogP contribution in [0.3, 0.4) is 0 Å². The summed E-state index contributed by atoms with van der Waals surface area (Å²) in [4.78, 5) is 23.7. The predicted octanol–water partition coefficient (Wildman–Crippen LogP) is 0.594. The van der Waals surface area contributed by atoms with Crippen molar-refractivity contribution in [3.8, 4) is 0 Å². The van der Waals surface area contributed by atoms with Crippen LogP contribution in [0.1, 0.15) is 18.8 Å². The van der Waals surface area contributed by atoms with Gasteiger partial charge in [-0.2, -0.15) is 5.10 Å². The number of aryl methyl sites for hydroxylation is 1. The highest BCUT2D eigenvalue weighted by atomic mass is 31.1. The van der Waals surface area contributed by atoms with Gasteiger partial charge in [-0.05, 0) is 13.0 Å². The number of pyridine rings is 1. The average molecular weight is 342 g/mol. The fraction of sp³-hybridized carbons (Fsp3) is 0.538. The number of hydrogen-bond donors (Lipinski definition) is 3. The van der Waals surface area contributed by atoms with Crippen molar-refractivity contribution in [1.82, 2.24) is 14.8 Å². The molecule has 0 spiro atoms. The summed E-state index contributed by atoms with van der Waals surface area (Å²) < 4.78 is 23.4. The molecule has 0 aliphatic carbocycles. The molecule has 2 unspecified atom stereocenters. The number of rotatable bonds is 4. The summed E-state index contributed by atoms with van der Waals surface area (Å²) in [6.07, 6.45) is -0.734. The van der Waals surface area contributed by atoms with Crippen molar-refractivity contribution < 1.29 is 23.8 Å². The van der Waals surface area contributed by atoms with Gasteiger partial charge in [-0.25, -0.2) is 4.68 Å². The molecule has 0 saturated carbocycles. The molecule has 23 heavy (non-hydrogen) atoms. The Balaban J connectivity index is 2.08. The molecule has 2 aromatic rings. The normalized spacial score (nSPS) is 28.4. The summed E-state index contributed by atoms with van der Waals surface area (Å²) in [7, 11) is -2.84. The highest BCUT2D eigenvalue weighted by Gasteiger charge is 2.48. The molecule has 5 atom stereocenters. The third-order valence-corrected chi connectivity index (χ3v) is 4.50. The lowest BCUT2D eigenvalue weighted by Gasteiger charge is -2.16. The van der Waals surface area contributed by atoms with Crippen molar-refractivity contribution in [2.24, 2.45) is 5.92 Å². The van der Waals surface area contributed by atoms with Crippen molar-refractivity contribution in [3.05, 3.63) is 28.3 Å². The second-order valence-corrected chi connectivity index (χ2v) is 6.27. The number of aromatic amines is 1. The molecular weight excluding hydrogens is 325 g/mol. The molecule has 0 amide bonds. The minimum atomic E-state index is -2.84. The van der Waals surface area contributed by atoms with E-state index in [4.69, 9.17) is 14.2 Å². The molecule has 1 aliphatic heterocycles. The third kappa shape index (κ3) is 2.82. The van der Waals surface area contributed by atoms with Crippen molar-refractivity contribution in [2.75, 3.05) is 6.61 Å². The van der Waals surface area contributed by atoms with Gasteiger partial charge in [0, 0.05) is 16.2 Å². The van der Waals surface area contributed by atoms with E-state index in [0.29, 0.717) is 16.6 Å². The largest absolute Gasteiger partial charge is 0.695 e. The number of nitrogens with one attached hydrogen (secondary N) is 1. The fourth-order valence-corrected chi connectivity index (χ4v) is 3.40. The van der Waals surface area contributed by atoms with E-state index >= 15 is 0 Å². The molecule has 3 heterocycles. The number of ether oxygens (including phenoxy) is 1. The highest BCUT2D eigenvalue weighted by Crippen LogP contribution is 2.40. The van der Waals surface area contributed by atoms with Gasteiger partial charge in [-0.3, -0.25) is 4.79 Å². The molecular formula is C13H17N3O6P+. The molecule has 0 aromatic carbocycles. The van der Waals surface area contributed by atoms with Gasteiger partial charge in [-0.15, -0.1) is 9.42 Å². The number of nitrogens with zero attached hydrogens (tertiary/aromatic N) is 2. The van der Waals surface area contributed by atoms with E-state index in [0.717, 1.165) is 0 Å². The number of aromatic nitrogens is 3. The van der Waals surface area contributed by atoms with Gasteiger partial charge < -0.3 is 14.8 Å². The smallest absolute Gasteiger partial charge is 0.394 e. The van der Waals surface area contributed by atoms with E-state index < -0.39 is 26.7 Å². The maximum absolute atomic E-state index is 12.0. The Morgan fingerprint density at radius 1 is 1.57 bits per heavy atom. The number of aliphatic hydroxyl groups excluding tert-OH is 1. The molecule has 1 fully saturated rings. The number of fused-ring (bicyclic) bond motifs is 1. The van der Waals surface area contributed by atoms with Crippen LogP contribution in [0, 0.1) is 12.8 Å². The van der Waals surface area contributed by atoms with Crippen molar-refractivity contribution in [3.63, 3.8) is 0 Å². The topological polar surface area (TPSA) is 127 Å². The van der Waals surface area contributed by atoms with Crippen LogP contribution >= 0.6 is 8.25 Å². The first kappa shape index (κ1) is 16.2. The fourth-order valence-electron chi connectivity index (χ4n) is 2.89. The zero-order chi connectivity index (χ0) is 16.7. The molecule has 0 bridgehead atoms. The van der Waals surface area contributed by atoms with Gasteiger partial charge in [0.1, 0.15) is 0 Å². The molecule has 1 saturated heterocycles. The molecule has 0 radical (unpaired) electrons. The highest BCUT2D eigenvalue weighted by molar-refractivity contribution is 7.32. The minimum absolute atomic E-state index is 0.251. The van der Waals surface area contributed by atoms with Crippen LogP contribution in [0.2, 0.25) is 0 Å². The second-order valence-electron chi connectivity index (χ2n) is 5.58. The number of H-pyrrole nitrogens is 1. The van der Waals surface area contributed by atoms with E-state index in [9.17, 15) is 14.5 Å². The summed E-state index contributed by atoms with van der Waals surface area (Å²) in [6.45, 7) is 3.25. The molecule has 3 rings (SSSR count). The molecule has 2 aromatic heterocycles. The van der Waals surface area contributed by atoms with Crippen LogP contribution < -0.4 is 5.56 Å². The van der Waals surface area contributed by atoms with E-state index in [2.05, 4.69) is 10.1 Å². The Labute approximate surface area is 131 Å². The van der Waals surface area contributed by atoms with Gasteiger partial charge in [0.05, 0.1) is 29.8 Å². The van der Waals surface area contributed by atoms with Crippen LogP contribution in [0.15, 0.2) is 17.1 Å². The number of aliphatic hydroxyl groups is 1. The Morgan fingerprint density at radius 3 is 2.96 bits per heavy atom. The van der Waals surface area contributed by atoms with Crippen LogP contribution in [0.4, 0.5) is 0 Å². The van der Waals surface area contributed by atoms with Gasteiger partial charge in [0.25, 0.3) is 5.56 Å². The molecule has 124 valence electrons. The van der Waals surface area contributed by atoms with Gasteiger partial charge in [0.15, 0.2) is 12.3 Å². The zero-order valence-corrected chi connectivity index (χ0v) is 13.4. The SMILES string of the molecule is Cc1cc2c(cnn2[C@@H]2O[C@H](CO)[C@H](C)C2O[P+](=O)O)c(=O)[nH]1. The Kier molecular flexibility index (Phi) is 4.31. The Hall–Kier alpha value is -1.64. The summed E-state index contributed by atoms with van der Waals surface area (Å²) in [5.74, 6) is -0.321. The quantitative estimate of drug-likeness (QED) is 0.694. The minimum Gasteiger partial charge on any atom is -0.394 e. The van der Waals surface area contributed by atoms with Crippen molar-refractivity contribution in [2.45, 2.75) is 32.3 Å². The molecule has 10 heteroatoms.